The second-order valence-electron chi connectivity index (χ2n) is 9.46. The zero-order valence-corrected chi connectivity index (χ0v) is 25.8. The number of nitrogens with one attached hydrogen (secondary N) is 2. The number of nitrogens with zero attached hydrogens (tertiary/aromatic N) is 1. The maximum Gasteiger partial charge on any atom is 0.340 e. The Hall–Kier alpha value is -4.49. The normalized spacial score (nSPS) is 13.1. The predicted molar refractivity (Wildman–Crippen MR) is 166 cm³/mol. The fourth-order valence-corrected chi connectivity index (χ4v) is 5.55. The number of ether oxygens (including phenoxy) is 5. The first kappa shape index (κ1) is 32.4. The van der Waals surface area contributed by atoms with Crippen LogP contribution in [0.5, 0.6) is 17.2 Å². The van der Waals surface area contributed by atoms with Gasteiger partial charge in [-0.3, -0.25) is 9.52 Å². The molecule has 1 heterocycles. The smallest absolute Gasteiger partial charge is 0.340 e. The maximum absolute atomic E-state index is 13.0. The standard InChI is InChI=1S/C31H37N3O9S/c1-4-40-22-11-13-23(14-12-22)44(37,38)33-25-10-8-7-9-24(25)31(36)43-21-30(35)32-26-19-29(42-6-3)27(20-28(26)41-5-2)34-15-17-39-18-16-34/h7-14,19-20,33H,4-6,15-18,21H2,1-3H3,(H,32,35). The first-order chi connectivity index (χ1) is 21.2. The fraction of sp³-hybridized carbons (Fsp3) is 0.355. The van der Waals surface area contributed by atoms with Crippen molar-refractivity contribution in [3.63, 3.8) is 0 Å². The zero-order chi connectivity index (χ0) is 31.5. The molecule has 0 unspecified atom stereocenters. The van der Waals surface area contributed by atoms with E-state index in [1.807, 2.05) is 26.8 Å². The summed E-state index contributed by atoms with van der Waals surface area (Å²) < 4.78 is 56.2. The molecular formula is C31H37N3O9S. The summed E-state index contributed by atoms with van der Waals surface area (Å²) in [5.41, 5.74) is 1.13. The number of hydrogen-bond acceptors (Lipinski definition) is 10. The van der Waals surface area contributed by atoms with Gasteiger partial charge in [-0.25, -0.2) is 13.2 Å². The first-order valence-corrected chi connectivity index (χ1v) is 15.8. The second-order valence-corrected chi connectivity index (χ2v) is 11.1. The van der Waals surface area contributed by atoms with Gasteiger partial charge in [0, 0.05) is 25.2 Å². The molecule has 0 aliphatic carbocycles. The molecule has 1 aliphatic rings. The van der Waals surface area contributed by atoms with Crippen molar-refractivity contribution in [2.24, 2.45) is 0 Å². The number of sulfonamides is 1. The van der Waals surface area contributed by atoms with E-state index in [9.17, 15) is 18.0 Å². The van der Waals surface area contributed by atoms with Gasteiger partial charge in [-0.05, 0) is 57.2 Å². The minimum absolute atomic E-state index is 0.00508. The molecule has 0 aromatic heterocycles. The van der Waals surface area contributed by atoms with Crippen LogP contribution in [-0.2, 0) is 24.3 Å². The van der Waals surface area contributed by atoms with Gasteiger partial charge < -0.3 is 33.9 Å². The Morgan fingerprint density at radius 2 is 1.50 bits per heavy atom. The van der Waals surface area contributed by atoms with Crippen LogP contribution >= 0.6 is 0 Å². The topological polar surface area (TPSA) is 142 Å². The van der Waals surface area contributed by atoms with Crippen LogP contribution in [0.4, 0.5) is 17.1 Å². The van der Waals surface area contributed by atoms with Gasteiger partial charge in [-0.2, -0.15) is 0 Å². The largest absolute Gasteiger partial charge is 0.494 e. The molecule has 3 aromatic rings. The van der Waals surface area contributed by atoms with E-state index < -0.39 is 28.5 Å². The summed E-state index contributed by atoms with van der Waals surface area (Å²) in [5, 5.41) is 2.73. The number of hydrogen-bond donors (Lipinski definition) is 2. The van der Waals surface area contributed by atoms with Gasteiger partial charge in [0.15, 0.2) is 6.61 Å². The summed E-state index contributed by atoms with van der Waals surface area (Å²) >= 11 is 0. The monoisotopic (exact) mass is 627 g/mol. The van der Waals surface area contributed by atoms with Crippen LogP contribution in [0.15, 0.2) is 65.6 Å². The molecule has 236 valence electrons. The quantitative estimate of drug-likeness (QED) is 0.248. The Morgan fingerprint density at radius 1 is 0.841 bits per heavy atom. The van der Waals surface area contributed by atoms with Crippen LogP contribution < -0.4 is 29.1 Å². The highest BCUT2D eigenvalue weighted by atomic mass is 32.2. The molecule has 1 aliphatic heterocycles. The van der Waals surface area contributed by atoms with Crippen molar-refractivity contribution in [1.82, 2.24) is 0 Å². The third kappa shape index (κ3) is 8.32. The molecule has 1 saturated heterocycles. The molecule has 2 N–H and O–H groups in total. The molecule has 0 radical (unpaired) electrons. The van der Waals surface area contributed by atoms with Crippen LogP contribution in [0.2, 0.25) is 0 Å². The van der Waals surface area contributed by atoms with E-state index in [1.165, 1.54) is 24.3 Å². The number of morpholine rings is 1. The zero-order valence-electron chi connectivity index (χ0n) is 25.0. The van der Waals surface area contributed by atoms with Crippen LogP contribution in [-0.4, -0.2) is 73.0 Å². The number of anilines is 3. The lowest BCUT2D eigenvalue weighted by molar-refractivity contribution is -0.119. The van der Waals surface area contributed by atoms with Crippen LogP contribution in [0, 0.1) is 0 Å². The Labute approximate surface area is 257 Å². The van der Waals surface area contributed by atoms with Gasteiger partial charge in [0.25, 0.3) is 15.9 Å². The molecule has 4 rings (SSSR count). The number of benzene rings is 3. The fourth-order valence-electron chi connectivity index (χ4n) is 4.47. The predicted octanol–water partition coefficient (Wildman–Crippen LogP) is 4.32. The summed E-state index contributed by atoms with van der Waals surface area (Å²) in [4.78, 5) is 28.0. The van der Waals surface area contributed by atoms with E-state index in [4.69, 9.17) is 23.7 Å². The summed E-state index contributed by atoms with van der Waals surface area (Å²) in [6.45, 7) is 8.67. The molecule has 0 spiro atoms. The molecule has 44 heavy (non-hydrogen) atoms. The minimum Gasteiger partial charge on any atom is -0.494 e. The molecule has 1 amide bonds. The van der Waals surface area contributed by atoms with Crippen molar-refractivity contribution in [3.05, 3.63) is 66.2 Å². The molecule has 1 fully saturated rings. The molecule has 0 atom stereocenters. The SMILES string of the molecule is CCOc1ccc(S(=O)(=O)Nc2ccccc2C(=O)OCC(=O)Nc2cc(OCC)c(N3CCOCC3)cc2OCC)cc1. The summed E-state index contributed by atoms with van der Waals surface area (Å²) in [7, 11) is -4.03. The summed E-state index contributed by atoms with van der Waals surface area (Å²) in [5.74, 6) is 0.0375. The number of carbonyl (C=O) groups excluding carboxylic acids is 2. The van der Waals surface area contributed by atoms with Gasteiger partial charge in [-0.15, -0.1) is 0 Å². The second kappa shape index (κ2) is 15.3. The van der Waals surface area contributed by atoms with Gasteiger partial charge in [0.05, 0.1) is 60.6 Å². The van der Waals surface area contributed by atoms with Crippen LogP contribution in [0.25, 0.3) is 0 Å². The van der Waals surface area contributed by atoms with Gasteiger partial charge in [0.1, 0.15) is 17.2 Å². The van der Waals surface area contributed by atoms with Crippen LogP contribution in [0.3, 0.4) is 0 Å². The molecule has 12 nitrogen and oxygen atoms in total. The van der Waals surface area contributed by atoms with Crippen molar-refractivity contribution < 1.29 is 41.7 Å². The van der Waals surface area contributed by atoms with E-state index in [1.54, 1.807) is 30.3 Å². The Morgan fingerprint density at radius 3 is 2.18 bits per heavy atom. The molecular weight excluding hydrogens is 590 g/mol. The number of esters is 1. The van der Waals surface area contributed by atoms with Gasteiger partial charge in [0.2, 0.25) is 0 Å². The number of amides is 1. The minimum atomic E-state index is -4.03. The Bertz CT molecular complexity index is 1540. The lowest BCUT2D eigenvalue weighted by Gasteiger charge is -2.31. The average molecular weight is 628 g/mol. The molecule has 0 saturated carbocycles. The average Bonchev–Trinajstić information content (AvgIpc) is 3.02. The van der Waals surface area contributed by atoms with E-state index in [0.717, 1.165) is 5.69 Å². The van der Waals surface area contributed by atoms with Crippen molar-refractivity contribution in [2.45, 2.75) is 25.7 Å². The van der Waals surface area contributed by atoms with Crippen LogP contribution in [0.1, 0.15) is 31.1 Å². The molecule has 0 bridgehead atoms. The number of para-hydroxylation sites is 1. The maximum atomic E-state index is 13.0. The van der Waals surface area contributed by atoms with E-state index in [0.29, 0.717) is 69.1 Å². The third-order valence-electron chi connectivity index (χ3n) is 6.46. The summed E-state index contributed by atoms with van der Waals surface area (Å²) in [6.07, 6.45) is 0. The number of carbonyl (C=O) groups is 2. The lowest BCUT2D eigenvalue weighted by Crippen LogP contribution is -2.36. The third-order valence-corrected chi connectivity index (χ3v) is 7.84. The van der Waals surface area contributed by atoms with E-state index in [2.05, 4.69) is 14.9 Å². The van der Waals surface area contributed by atoms with E-state index >= 15 is 0 Å². The van der Waals surface area contributed by atoms with Crippen molar-refractivity contribution >= 4 is 39.0 Å². The highest BCUT2D eigenvalue weighted by Gasteiger charge is 2.23. The highest BCUT2D eigenvalue weighted by Crippen LogP contribution is 2.39. The van der Waals surface area contributed by atoms with Crippen molar-refractivity contribution in [2.75, 3.05) is 67.7 Å². The molecule has 3 aromatic carbocycles. The first-order valence-electron chi connectivity index (χ1n) is 14.3. The van der Waals surface area contributed by atoms with Gasteiger partial charge in [-0.1, -0.05) is 12.1 Å². The van der Waals surface area contributed by atoms with Crippen molar-refractivity contribution in [1.29, 1.82) is 0 Å². The number of rotatable bonds is 14. The Kier molecular flexibility index (Phi) is 11.3. The summed E-state index contributed by atoms with van der Waals surface area (Å²) in [6, 6.07) is 15.4. The van der Waals surface area contributed by atoms with Crippen molar-refractivity contribution in [3.8, 4) is 17.2 Å². The Balaban J connectivity index is 1.45. The highest BCUT2D eigenvalue weighted by molar-refractivity contribution is 7.92. The van der Waals surface area contributed by atoms with E-state index in [-0.39, 0.29) is 16.1 Å². The molecule has 13 heteroatoms. The lowest BCUT2D eigenvalue weighted by atomic mass is 10.2. The van der Waals surface area contributed by atoms with Gasteiger partial charge >= 0.3 is 5.97 Å².